The van der Waals surface area contributed by atoms with E-state index in [9.17, 15) is 14.0 Å². The van der Waals surface area contributed by atoms with Gasteiger partial charge >= 0.3 is 11.9 Å². The molecule has 0 saturated heterocycles. The van der Waals surface area contributed by atoms with Crippen molar-refractivity contribution < 1.29 is 32.9 Å². The van der Waals surface area contributed by atoms with Gasteiger partial charge in [0.25, 0.3) is 0 Å². The third-order valence-corrected chi connectivity index (χ3v) is 9.21. The van der Waals surface area contributed by atoms with Gasteiger partial charge in [-0.1, -0.05) is 63.0 Å². The van der Waals surface area contributed by atoms with Crippen LogP contribution in [0.15, 0.2) is 59.9 Å². The molecule has 1 saturated carbocycles. The van der Waals surface area contributed by atoms with E-state index in [1.807, 2.05) is 31.2 Å². The number of cyclic esters (lactones) is 1. The van der Waals surface area contributed by atoms with Crippen LogP contribution in [0.25, 0.3) is 0 Å². The highest BCUT2D eigenvalue weighted by Crippen LogP contribution is 2.43. The largest absolute Gasteiger partial charge is 0.496 e. The molecule has 236 valence electrons. The van der Waals surface area contributed by atoms with Crippen molar-refractivity contribution in [2.75, 3.05) is 13.7 Å². The predicted octanol–water partition coefficient (Wildman–Crippen LogP) is 7.96. The molecule has 7 heteroatoms. The zero-order valence-electron chi connectivity index (χ0n) is 26.5. The zero-order valence-corrected chi connectivity index (χ0v) is 26.5. The highest BCUT2D eigenvalue weighted by atomic mass is 19.1. The number of rotatable bonds is 7. The minimum absolute atomic E-state index is 0.0116. The Hall–Kier alpha value is -3.61. The van der Waals surface area contributed by atoms with Crippen molar-refractivity contribution in [2.45, 2.75) is 96.5 Å². The number of fused-ring (bicyclic) bond motifs is 3. The average molecular weight is 605 g/mol. The first-order valence-corrected chi connectivity index (χ1v) is 16.0. The molecule has 0 aromatic heterocycles. The summed E-state index contributed by atoms with van der Waals surface area (Å²) >= 11 is 0. The van der Waals surface area contributed by atoms with Gasteiger partial charge in [-0.25, -0.2) is 4.39 Å². The van der Waals surface area contributed by atoms with Crippen LogP contribution in [0.4, 0.5) is 4.39 Å². The lowest BCUT2D eigenvalue weighted by molar-refractivity contribution is -0.149. The Morgan fingerprint density at radius 1 is 1.14 bits per heavy atom. The molecule has 2 aromatic carbocycles. The van der Waals surface area contributed by atoms with E-state index in [2.05, 4.69) is 19.9 Å². The lowest BCUT2D eigenvalue weighted by Gasteiger charge is -2.37. The summed E-state index contributed by atoms with van der Waals surface area (Å²) in [5.74, 6) is 0.908. The van der Waals surface area contributed by atoms with E-state index >= 15 is 0 Å². The van der Waals surface area contributed by atoms with Gasteiger partial charge in [0.05, 0.1) is 25.6 Å². The summed E-state index contributed by atoms with van der Waals surface area (Å²) in [6.07, 6.45) is 10.2. The molecule has 44 heavy (non-hydrogen) atoms. The van der Waals surface area contributed by atoms with Gasteiger partial charge in [0.1, 0.15) is 23.1 Å². The normalized spacial score (nSPS) is 24.2. The first-order chi connectivity index (χ1) is 21.2. The molecule has 2 aromatic rings. The maximum atomic E-state index is 14.4. The SMILES string of the molecule is COc1c(CCC(C)C)ccc2c1CC(=O)OCC1/C=C(/C)C/C=C(/OC(=O)C3(c4cccc(F)c4)CCCCC3)C(C1)O2. The van der Waals surface area contributed by atoms with Crippen molar-refractivity contribution in [3.05, 3.63) is 82.4 Å². The van der Waals surface area contributed by atoms with Crippen LogP contribution in [-0.4, -0.2) is 31.8 Å². The molecule has 2 bridgehead atoms. The van der Waals surface area contributed by atoms with Gasteiger partial charge in [-0.2, -0.15) is 0 Å². The molecule has 3 aliphatic rings. The Bertz CT molecular complexity index is 1420. The third kappa shape index (κ3) is 7.19. The zero-order chi connectivity index (χ0) is 31.3. The summed E-state index contributed by atoms with van der Waals surface area (Å²) in [6.45, 7) is 6.58. The fourth-order valence-electron chi connectivity index (χ4n) is 6.79. The minimum atomic E-state index is -0.925. The summed E-state index contributed by atoms with van der Waals surface area (Å²) in [4.78, 5) is 27.3. The molecule has 2 aliphatic carbocycles. The van der Waals surface area contributed by atoms with Crippen LogP contribution in [0.3, 0.4) is 0 Å². The first kappa shape index (κ1) is 31.8. The number of carbonyl (C=O) groups excluding carboxylic acids is 2. The number of benzene rings is 2. The second-order valence-corrected chi connectivity index (χ2v) is 13.0. The monoisotopic (exact) mass is 604 g/mol. The highest BCUT2D eigenvalue weighted by Gasteiger charge is 2.44. The van der Waals surface area contributed by atoms with E-state index in [1.165, 1.54) is 12.1 Å². The van der Waals surface area contributed by atoms with E-state index in [0.717, 1.165) is 43.2 Å². The number of ether oxygens (including phenoxy) is 4. The molecular formula is C37H45FO6. The van der Waals surface area contributed by atoms with Gasteiger partial charge in [-0.05, 0) is 80.3 Å². The second-order valence-electron chi connectivity index (χ2n) is 13.0. The quantitative estimate of drug-likeness (QED) is 0.236. The van der Waals surface area contributed by atoms with Crippen LogP contribution in [0, 0.1) is 17.7 Å². The van der Waals surface area contributed by atoms with Crippen LogP contribution >= 0.6 is 0 Å². The number of methoxy groups -OCH3 is 1. The number of allylic oxidation sites excluding steroid dienone is 2. The Morgan fingerprint density at radius 3 is 2.66 bits per heavy atom. The molecule has 2 atom stereocenters. The fraction of sp³-hybridized carbons (Fsp3) is 0.514. The first-order valence-electron chi connectivity index (χ1n) is 16.0. The van der Waals surface area contributed by atoms with Gasteiger partial charge in [0.15, 0.2) is 6.10 Å². The molecule has 1 aliphatic heterocycles. The van der Waals surface area contributed by atoms with E-state index in [-0.39, 0.29) is 36.7 Å². The minimum Gasteiger partial charge on any atom is -0.496 e. The number of esters is 2. The van der Waals surface area contributed by atoms with Gasteiger partial charge < -0.3 is 18.9 Å². The molecule has 0 N–H and O–H groups in total. The Kier molecular flexibility index (Phi) is 10.1. The second kappa shape index (κ2) is 14.0. The highest BCUT2D eigenvalue weighted by molar-refractivity contribution is 5.84. The predicted molar refractivity (Wildman–Crippen MR) is 167 cm³/mol. The summed E-state index contributed by atoms with van der Waals surface area (Å²) in [7, 11) is 1.61. The number of halogens is 1. The number of hydrogen-bond acceptors (Lipinski definition) is 6. The standard InChI is InChI=1S/C37H45FO6/c1-24(2)11-13-27-14-16-31-30(35(27)41-4)22-34(39)42-23-26-19-25(3)12-15-32(33(20-26)43-31)44-36(40)37(17-6-5-7-18-37)28-9-8-10-29(38)21-28/h8-10,14-16,19,21,24,26,33H,5-7,11-13,17-18,20,22-23H2,1-4H3/b25-19-,32-15+. The topological polar surface area (TPSA) is 71.1 Å². The van der Waals surface area contributed by atoms with Gasteiger partial charge in [-0.3, -0.25) is 9.59 Å². The maximum absolute atomic E-state index is 14.4. The summed E-state index contributed by atoms with van der Waals surface area (Å²) in [6, 6.07) is 10.3. The third-order valence-electron chi connectivity index (χ3n) is 9.21. The summed E-state index contributed by atoms with van der Waals surface area (Å²) in [5.41, 5.74) is 2.47. The van der Waals surface area contributed by atoms with E-state index in [1.54, 1.807) is 13.2 Å². The Balaban J connectivity index is 1.52. The van der Waals surface area contributed by atoms with Crippen molar-refractivity contribution in [3.63, 3.8) is 0 Å². The molecule has 2 unspecified atom stereocenters. The van der Waals surface area contributed by atoms with E-state index < -0.39 is 11.5 Å². The smallest absolute Gasteiger partial charge is 0.321 e. The molecular weight excluding hydrogens is 559 g/mol. The van der Waals surface area contributed by atoms with Crippen LogP contribution in [0.1, 0.15) is 88.8 Å². The van der Waals surface area contributed by atoms with Crippen LogP contribution in [0.5, 0.6) is 11.5 Å². The van der Waals surface area contributed by atoms with Crippen LogP contribution < -0.4 is 9.47 Å². The van der Waals surface area contributed by atoms with Crippen molar-refractivity contribution in [2.24, 2.45) is 11.8 Å². The van der Waals surface area contributed by atoms with Crippen LogP contribution in [-0.2, 0) is 37.3 Å². The summed E-state index contributed by atoms with van der Waals surface area (Å²) < 4.78 is 39.1. The molecule has 1 fully saturated rings. The summed E-state index contributed by atoms with van der Waals surface area (Å²) in [5, 5.41) is 0. The van der Waals surface area contributed by atoms with Gasteiger partial charge in [-0.15, -0.1) is 0 Å². The van der Waals surface area contributed by atoms with Crippen LogP contribution in [0.2, 0.25) is 0 Å². The van der Waals surface area contributed by atoms with Gasteiger partial charge in [0.2, 0.25) is 0 Å². The number of carbonyl (C=O) groups is 2. The molecule has 6 nitrogen and oxygen atoms in total. The van der Waals surface area contributed by atoms with Crippen molar-refractivity contribution >= 4 is 11.9 Å². The molecule has 0 spiro atoms. The van der Waals surface area contributed by atoms with Crippen molar-refractivity contribution in [1.82, 2.24) is 0 Å². The van der Waals surface area contributed by atoms with E-state index in [0.29, 0.717) is 60.0 Å². The Morgan fingerprint density at radius 2 is 1.93 bits per heavy atom. The van der Waals surface area contributed by atoms with Gasteiger partial charge in [0, 0.05) is 17.9 Å². The fourth-order valence-corrected chi connectivity index (χ4v) is 6.79. The van der Waals surface area contributed by atoms with E-state index in [4.69, 9.17) is 18.9 Å². The molecule has 5 rings (SSSR count). The molecule has 0 amide bonds. The molecule has 0 radical (unpaired) electrons. The molecule has 1 heterocycles. The number of aryl methyl sites for hydroxylation is 1. The lowest BCUT2D eigenvalue weighted by Crippen LogP contribution is -2.41. The van der Waals surface area contributed by atoms with Crippen molar-refractivity contribution in [1.29, 1.82) is 0 Å². The lowest BCUT2D eigenvalue weighted by atomic mass is 9.69. The number of hydrogen-bond donors (Lipinski definition) is 0. The van der Waals surface area contributed by atoms with Crippen molar-refractivity contribution in [3.8, 4) is 11.5 Å². The maximum Gasteiger partial charge on any atom is 0.321 e. The average Bonchev–Trinajstić information content (AvgIpc) is 3.00. The Labute approximate surface area is 260 Å².